The van der Waals surface area contributed by atoms with E-state index in [4.69, 9.17) is 9.47 Å². The summed E-state index contributed by atoms with van der Waals surface area (Å²) >= 11 is 1.49. The highest BCUT2D eigenvalue weighted by Crippen LogP contribution is 2.39. The molecule has 0 radical (unpaired) electrons. The number of nitrogens with zero attached hydrogens (tertiary/aromatic N) is 4. The molecule has 1 amide bonds. The number of Topliss-reactive ketones (excluding diaryl/α,β-unsaturated/α-hetero) is 1. The minimum absolute atomic E-state index is 0.0346. The number of methoxy groups -OCH3 is 1. The third kappa shape index (κ3) is 7.69. The van der Waals surface area contributed by atoms with Gasteiger partial charge < -0.3 is 19.7 Å². The summed E-state index contributed by atoms with van der Waals surface area (Å²) in [6.07, 6.45) is 5.09. The lowest BCUT2D eigenvalue weighted by molar-refractivity contribution is -0.126. The van der Waals surface area contributed by atoms with Crippen molar-refractivity contribution in [2.24, 2.45) is 0 Å². The van der Waals surface area contributed by atoms with Gasteiger partial charge in [0.1, 0.15) is 11.5 Å². The zero-order valence-corrected chi connectivity index (χ0v) is 24.8. The van der Waals surface area contributed by atoms with E-state index in [0.29, 0.717) is 23.6 Å². The second-order valence-electron chi connectivity index (χ2n) is 9.92. The molecule has 5 aromatic rings. The minimum atomic E-state index is -0.597. The molecule has 1 N–H and O–H groups in total. The molecule has 222 valence electrons. The van der Waals surface area contributed by atoms with Crippen LogP contribution < -0.4 is 15.0 Å². The van der Waals surface area contributed by atoms with Crippen molar-refractivity contribution in [1.29, 1.82) is 0 Å². The maximum atomic E-state index is 15.1. The molecule has 2 aromatic carbocycles. The zero-order chi connectivity index (χ0) is 30.2. The van der Waals surface area contributed by atoms with Crippen molar-refractivity contribution in [2.75, 3.05) is 38.8 Å². The zero-order valence-electron chi connectivity index (χ0n) is 24.0. The number of anilines is 1. The van der Waals surface area contributed by atoms with Gasteiger partial charge in [-0.25, -0.2) is 4.39 Å². The topological polar surface area (TPSA) is 98.6 Å². The number of carbonyl (C=O) groups is 2. The maximum absolute atomic E-state index is 15.1. The number of pyridine rings is 1. The first-order valence-electron chi connectivity index (χ1n) is 13.8. The highest BCUT2D eigenvalue weighted by molar-refractivity contribution is 7.22. The molecular formula is C32H32FN5O4S. The van der Waals surface area contributed by atoms with Crippen LogP contribution >= 0.6 is 11.3 Å². The molecule has 0 aliphatic rings. The lowest BCUT2D eigenvalue weighted by atomic mass is 10.1. The van der Waals surface area contributed by atoms with E-state index in [1.807, 2.05) is 41.3 Å². The van der Waals surface area contributed by atoms with E-state index in [1.165, 1.54) is 28.4 Å². The van der Waals surface area contributed by atoms with Gasteiger partial charge >= 0.3 is 0 Å². The smallest absolute Gasteiger partial charge is 0.234 e. The van der Waals surface area contributed by atoms with Gasteiger partial charge in [-0.1, -0.05) is 24.3 Å². The molecule has 0 unspecified atom stereocenters. The molecule has 3 aromatic heterocycles. The number of benzene rings is 2. The molecule has 43 heavy (non-hydrogen) atoms. The predicted molar refractivity (Wildman–Crippen MR) is 165 cm³/mol. The Bertz CT molecular complexity index is 1700. The number of ether oxygens (including phenoxy) is 2. The van der Waals surface area contributed by atoms with E-state index in [1.54, 1.807) is 44.6 Å². The van der Waals surface area contributed by atoms with Crippen molar-refractivity contribution >= 4 is 38.9 Å². The lowest BCUT2D eigenvalue weighted by Gasteiger charge is -2.16. The Hall–Kier alpha value is -4.45. The van der Waals surface area contributed by atoms with Gasteiger partial charge in [0.05, 0.1) is 36.0 Å². The molecule has 0 saturated carbocycles. The minimum Gasteiger partial charge on any atom is -0.453 e. The van der Waals surface area contributed by atoms with Crippen LogP contribution in [0.4, 0.5) is 10.1 Å². The summed E-state index contributed by atoms with van der Waals surface area (Å²) in [4.78, 5) is 32.0. The van der Waals surface area contributed by atoms with Crippen LogP contribution in [0.5, 0.6) is 11.5 Å². The van der Waals surface area contributed by atoms with Gasteiger partial charge in [0.25, 0.3) is 0 Å². The first-order chi connectivity index (χ1) is 20.9. The van der Waals surface area contributed by atoms with Crippen LogP contribution in [0.2, 0.25) is 0 Å². The molecule has 5 rings (SSSR count). The molecule has 0 spiro atoms. The van der Waals surface area contributed by atoms with Crippen molar-refractivity contribution in [3.8, 4) is 21.9 Å². The van der Waals surface area contributed by atoms with Gasteiger partial charge in [-0.2, -0.15) is 5.10 Å². The second-order valence-corrected chi connectivity index (χ2v) is 11.0. The number of thiophene rings is 1. The number of hydrogen-bond acceptors (Lipinski definition) is 8. The summed E-state index contributed by atoms with van der Waals surface area (Å²) in [7, 11) is 3.30. The molecule has 0 saturated heterocycles. The summed E-state index contributed by atoms with van der Waals surface area (Å²) in [5.41, 5.74) is 2.86. The molecule has 3 heterocycles. The number of amides is 1. The fourth-order valence-electron chi connectivity index (χ4n) is 4.47. The van der Waals surface area contributed by atoms with E-state index in [0.717, 1.165) is 40.3 Å². The van der Waals surface area contributed by atoms with E-state index >= 15 is 4.39 Å². The van der Waals surface area contributed by atoms with Crippen LogP contribution in [0.25, 0.3) is 20.7 Å². The number of nitrogens with one attached hydrogen (secondary N) is 1. The Morgan fingerprint density at radius 2 is 1.91 bits per heavy atom. The third-order valence-corrected chi connectivity index (χ3v) is 7.97. The van der Waals surface area contributed by atoms with E-state index in [2.05, 4.69) is 15.4 Å². The van der Waals surface area contributed by atoms with Crippen molar-refractivity contribution in [3.05, 3.63) is 90.6 Å². The number of rotatable bonds is 14. The highest BCUT2D eigenvalue weighted by Gasteiger charge is 2.18. The van der Waals surface area contributed by atoms with Crippen LogP contribution in [0.15, 0.2) is 79.3 Å². The molecule has 0 bridgehead atoms. The van der Waals surface area contributed by atoms with Crippen molar-refractivity contribution in [3.63, 3.8) is 0 Å². The fraction of sp³-hybridized carbons (Fsp3) is 0.250. The van der Waals surface area contributed by atoms with Crippen LogP contribution in [0, 0.1) is 5.82 Å². The van der Waals surface area contributed by atoms with Gasteiger partial charge in [-0.05, 0) is 35.9 Å². The molecule has 0 atom stereocenters. The summed E-state index contributed by atoms with van der Waals surface area (Å²) < 4.78 is 28.8. The number of fused-ring (bicyclic) bond motifs is 1. The Morgan fingerprint density at radius 3 is 2.70 bits per heavy atom. The average Bonchev–Trinajstić information content (AvgIpc) is 3.66. The van der Waals surface area contributed by atoms with Crippen LogP contribution in [0.3, 0.4) is 0 Å². The molecular weight excluding hydrogens is 569 g/mol. The summed E-state index contributed by atoms with van der Waals surface area (Å²) in [5, 5.41) is 7.75. The molecule has 11 heteroatoms. The number of hydrogen-bond donors (Lipinski definition) is 1. The number of ketones is 1. The van der Waals surface area contributed by atoms with Crippen LogP contribution in [-0.4, -0.2) is 60.3 Å². The molecule has 0 aliphatic heterocycles. The van der Waals surface area contributed by atoms with E-state index in [-0.39, 0.29) is 30.3 Å². The molecule has 0 aliphatic carbocycles. The Labute approximate surface area is 252 Å². The van der Waals surface area contributed by atoms with Gasteiger partial charge in [-0.15, -0.1) is 11.3 Å². The van der Waals surface area contributed by atoms with Crippen LogP contribution in [0.1, 0.15) is 12.0 Å². The predicted octanol–water partition coefficient (Wildman–Crippen LogP) is 5.49. The van der Waals surface area contributed by atoms with Crippen molar-refractivity contribution in [2.45, 2.75) is 19.4 Å². The Morgan fingerprint density at radius 1 is 1.07 bits per heavy atom. The number of halogens is 1. The second kappa shape index (κ2) is 14.1. The SMILES string of the molecule is COCCNCCn1cc(-c2cc3nccc(Oc4ccc(CC(=O)CC(=O)N(C)c5ccccc5)cc4F)c3s2)cn1. The molecule has 0 fully saturated rings. The number of aromatic nitrogens is 3. The Kier molecular flexibility index (Phi) is 9.88. The van der Waals surface area contributed by atoms with Gasteiger partial charge in [0.15, 0.2) is 11.6 Å². The Balaban J connectivity index is 1.22. The maximum Gasteiger partial charge on any atom is 0.234 e. The largest absolute Gasteiger partial charge is 0.453 e. The van der Waals surface area contributed by atoms with E-state index < -0.39 is 5.82 Å². The summed E-state index contributed by atoms with van der Waals surface area (Å²) in [5.74, 6) is -0.704. The first-order valence-corrected chi connectivity index (χ1v) is 14.6. The van der Waals surface area contributed by atoms with Gasteiger partial charge in [0.2, 0.25) is 5.91 Å². The molecule has 9 nitrogen and oxygen atoms in total. The summed E-state index contributed by atoms with van der Waals surface area (Å²) in [6, 6.07) is 17.2. The van der Waals surface area contributed by atoms with Crippen LogP contribution in [-0.2, 0) is 27.3 Å². The van der Waals surface area contributed by atoms with Crippen molar-refractivity contribution in [1.82, 2.24) is 20.1 Å². The monoisotopic (exact) mass is 601 g/mol. The quantitative estimate of drug-likeness (QED) is 0.133. The lowest BCUT2D eigenvalue weighted by Crippen LogP contribution is -2.28. The van der Waals surface area contributed by atoms with Crippen molar-refractivity contribution < 1.29 is 23.5 Å². The standard InChI is InChI=1S/C32H32FN5O4S/c1-37(24-6-4-3-5-7-24)31(40)18-25(39)16-22-8-9-28(26(33)17-22)42-29-10-11-35-27-19-30(43-32(27)29)23-20-36-38(21-23)14-12-34-13-15-41-2/h3-11,17,19-21,34H,12-16,18H2,1-2H3. The van der Waals surface area contributed by atoms with Gasteiger partial charge in [0, 0.05) is 68.3 Å². The van der Waals surface area contributed by atoms with Gasteiger partial charge in [-0.3, -0.25) is 19.3 Å². The summed E-state index contributed by atoms with van der Waals surface area (Å²) in [6.45, 7) is 2.94. The average molecular weight is 602 g/mol. The number of carbonyl (C=O) groups excluding carboxylic acids is 2. The highest BCUT2D eigenvalue weighted by atomic mass is 32.1. The first kappa shape index (κ1) is 30.0. The fourth-order valence-corrected chi connectivity index (χ4v) is 5.51. The third-order valence-electron chi connectivity index (χ3n) is 6.78. The number of para-hydroxylation sites is 1. The van der Waals surface area contributed by atoms with E-state index in [9.17, 15) is 9.59 Å². The normalized spacial score (nSPS) is 11.1.